The zero-order valence-corrected chi connectivity index (χ0v) is 23.3. The first kappa shape index (κ1) is 28.9. The second-order valence-electron chi connectivity index (χ2n) is 11.4. The third kappa shape index (κ3) is 7.01. The first-order valence-electron chi connectivity index (χ1n) is 12.5. The number of anilines is 1. The van der Waals surface area contributed by atoms with E-state index in [0.29, 0.717) is 12.4 Å². The van der Waals surface area contributed by atoms with Gasteiger partial charge in [0.2, 0.25) is 0 Å². The Morgan fingerprint density at radius 2 is 1.95 bits per heavy atom. The number of halogens is 2. The molecule has 3 N–H and O–H groups in total. The topological polar surface area (TPSA) is 107 Å². The maximum absolute atomic E-state index is 14.3. The lowest BCUT2D eigenvalue weighted by Gasteiger charge is -2.28. The Morgan fingerprint density at radius 1 is 1.27 bits per heavy atom. The highest BCUT2D eigenvalue weighted by Crippen LogP contribution is 2.39. The molecule has 2 aromatic heterocycles. The fourth-order valence-corrected chi connectivity index (χ4v) is 4.85. The zero-order chi connectivity index (χ0) is 27.7. The van der Waals surface area contributed by atoms with Gasteiger partial charge in [0, 0.05) is 42.5 Å². The molecule has 11 heteroatoms. The average Bonchev–Trinajstić information content (AvgIpc) is 3.42. The fourth-order valence-electron chi connectivity index (χ4n) is 3.85. The number of alkyl halides is 2. The second kappa shape index (κ2) is 11.0. The Labute approximate surface area is 220 Å². The maximum Gasteiger partial charge on any atom is 0.280 e. The molecular weight excluding hydrogens is 500 g/mol. The van der Waals surface area contributed by atoms with E-state index in [9.17, 15) is 23.5 Å². The minimum atomic E-state index is -2.84. The van der Waals surface area contributed by atoms with Crippen molar-refractivity contribution in [1.82, 2.24) is 20.2 Å². The number of amides is 2. The summed E-state index contributed by atoms with van der Waals surface area (Å²) in [6, 6.07) is 1.23. The minimum Gasteiger partial charge on any atom is -0.389 e. The molecule has 1 aliphatic rings. The number of hydrogen-bond acceptors (Lipinski definition) is 7. The molecule has 0 aliphatic carbocycles. The molecule has 3 heterocycles. The Morgan fingerprint density at radius 3 is 2.49 bits per heavy atom. The van der Waals surface area contributed by atoms with Crippen molar-refractivity contribution < 1.29 is 23.5 Å². The lowest BCUT2D eigenvalue weighted by molar-refractivity contribution is 0.0692. The largest absolute Gasteiger partial charge is 0.389 e. The van der Waals surface area contributed by atoms with E-state index in [1.165, 1.54) is 12.3 Å². The summed E-state index contributed by atoms with van der Waals surface area (Å²) in [7, 11) is 0. The quantitative estimate of drug-likeness (QED) is 0.432. The van der Waals surface area contributed by atoms with E-state index in [-0.39, 0.29) is 50.7 Å². The molecule has 0 saturated carbocycles. The lowest BCUT2D eigenvalue weighted by Crippen LogP contribution is -2.38. The summed E-state index contributed by atoms with van der Waals surface area (Å²) >= 11 is 0.869. The van der Waals surface area contributed by atoms with Crippen molar-refractivity contribution >= 4 is 29.0 Å². The van der Waals surface area contributed by atoms with Crippen molar-refractivity contribution in [1.29, 1.82) is 0 Å². The van der Waals surface area contributed by atoms with Gasteiger partial charge in [0.05, 0.1) is 10.5 Å². The molecular formula is C26H37F2N5O3S. The molecule has 1 unspecified atom stereocenters. The molecule has 1 saturated heterocycles. The average molecular weight is 538 g/mol. The number of aliphatic hydroxyl groups is 1. The minimum absolute atomic E-state index is 0.0207. The predicted octanol–water partition coefficient (Wildman–Crippen LogP) is 5.11. The highest BCUT2D eigenvalue weighted by Gasteiger charge is 2.33. The summed E-state index contributed by atoms with van der Waals surface area (Å²) in [6.07, 6.45) is 0.142. The van der Waals surface area contributed by atoms with E-state index in [4.69, 9.17) is 0 Å². The monoisotopic (exact) mass is 537 g/mol. The van der Waals surface area contributed by atoms with Crippen LogP contribution in [0.2, 0.25) is 0 Å². The molecule has 0 bridgehead atoms. The molecule has 2 aromatic rings. The van der Waals surface area contributed by atoms with Crippen molar-refractivity contribution in [3.8, 4) is 10.4 Å². The third-order valence-corrected chi connectivity index (χ3v) is 7.69. The number of aromatic nitrogens is 2. The first-order chi connectivity index (χ1) is 17.1. The van der Waals surface area contributed by atoms with Gasteiger partial charge in [-0.25, -0.2) is 18.7 Å². The SMILES string of the molecule is CC(Nc1cc(C(F)F)c(-c2sc(C(=O)NCC(C)(C)O)nc2C(=O)N2CCC[C@@H]2C)cn1)C(C)(C)C. The molecule has 0 spiro atoms. The van der Waals surface area contributed by atoms with Crippen LogP contribution in [0.5, 0.6) is 0 Å². The molecule has 3 rings (SSSR count). The number of thiazole rings is 1. The predicted molar refractivity (Wildman–Crippen MR) is 141 cm³/mol. The fraction of sp³-hybridized carbons (Fsp3) is 0.615. The lowest BCUT2D eigenvalue weighted by atomic mass is 9.88. The molecule has 2 atom stereocenters. The van der Waals surface area contributed by atoms with E-state index in [1.807, 2.05) is 34.6 Å². The second-order valence-corrected chi connectivity index (χ2v) is 12.4. The number of hydrogen-bond donors (Lipinski definition) is 3. The number of carbonyl (C=O) groups excluding carboxylic acids is 2. The standard InChI is InChI=1S/C26H37F2N5O3S/c1-14-9-8-10-33(14)24(35)19-20(37-23(32-19)22(34)30-13-26(6,7)36)17-12-29-18(11-16(17)21(27)28)31-15(2)25(3,4)5/h11-12,14-15,21,36H,8-10,13H2,1-7H3,(H,29,31)(H,30,34)/t14-,15?/m0/s1. The van der Waals surface area contributed by atoms with Crippen LogP contribution in [0.4, 0.5) is 14.6 Å². The molecule has 0 aromatic carbocycles. The highest BCUT2D eigenvalue weighted by atomic mass is 32.1. The van der Waals surface area contributed by atoms with Gasteiger partial charge in [-0.05, 0) is 52.0 Å². The molecule has 37 heavy (non-hydrogen) atoms. The Balaban J connectivity index is 2.07. The van der Waals surface area contributed by atoms with Crippen LogP contribution in [0.25, 0.3) is 10.4 Å². The van der Waals surface area contributed by atoms with Gasteiger partial charge in [0.25, 0.3) is 18.2 Å². The summed E-state index contributed by atoms with van der Waals surface area (Å²) in [5.74, 6) is -0.692. The summed E-state index contributed by atoms with van der Waals surface area (Å²) in [5, 5.41) is 15.7. The van der Waals surface area contributed by atoms with Crippen LogP contribution in [-0.4, -0.2) is 62.6 Å². The Hall–Kier alpha value is -2.66. The van der Waals surface area contributed by atoms with Crippen LogP contribution in [0.3, 0.4) is 0 Å². The summed E-state index contributed by atoms with van der Waals surface area (Å²) in [5.41, 5.74) is -1.55. The van der Waals surface area contributed by atoms with Crippen LogP contribution in [0.15, 0.2) is 12.3 Å². The van der Waals surface area contributed by atoms with E-state index in [2.05, 4.69) is 20.6 Å². The van der Waals surface area contributed by atoms with Crippen LogP contribution in [-0.2, 0) is 0 Å². The van der Waals surface area contributed by atoms with E-state index in [0.717, 1.165) is 24.2 Å². The normalized spacial score (nSPS) is 17.3. The number of nitrogens with one attached hydrogen (secondary N) is 2. The van der Waals surface area contributed by atoms with E-state index in [1.54, 1.807) is 18.7 Å². The van der Waals surface area contributed by atoms with E-state index < -0.39 is 23.8 Å². The van der Waals surface area contributed by atoms with Crippen molar-refractivity contribution in [2.24, 2.45) is 5.41 Å². The number of rotatable bonds is 8. The molecule has 0 radical (unpaired) electrons. The zero-order valence-electron chi connectivity index (χ0n) is 22.5. The molecule has 1 aliphatic heterocycles. The van der Waals surface area contributed by atoms with Crippen LogP contribution in [0, 0.1) is 5.41 Å². The van der Waals surface area contributed by atoms with Crippen molar-refractivity contribution in [3.05, 3.63) is 28.5 Å². The van der Waals surface area contributed by atoms with Gasteiger partial charge in [-0.3, -0.25) is 9.59 Å². The van der Waals surface area contributed by atoms with Crippen molar-refractivity contribution in [2.45, 2.75) is 85.4 Å². The summed E-state index contributed by atoms with van der Waals surface area (Å²) < 4.78 is 28.6. The molecule has 2 amide bonds. The third-order valence-electron chi connectivity index (χ3n) is 6.60. The molecule has 8 nitrogen and oxygen atoms in total. The van der Waals surface area contributed by atoms with Crippen molar-refractivity contribution in [3.63, 3.8) is 0 Å². The number of carbonyl (C=O) groups is 2. The van der Waals surface area contributed by atoms with E-state index >= 15 is 0 Å². The Bertz CT molecular complexity index is 1140. The van der Waals surface area contributed by atoms with Crippen LogP contribution < -0.4 is 10.6 Å². The van der Waals surface area contributed by atoms with Gasteiger partial charge in [0.15, 0.2) is 5.01 Å². The molecule has 204 valence electrons. The number of likely N-dealkylation sites (tertiary alicyclic amines) is 1. The smallest absolute Gasteiger partial charge is 0.280 e. The van der Waals surface area contributed by atoms with Crippen LogP contribution >= 0.6 is 11.3 Å². The van der Waals surface area contributed by atoms with Gasteiger partial charge in [0.1, 0.15) is 11.5 Å². The van der Waals surface area contributed by atoms with Crippen LogP contribution in [0.1, 0.15) is 93.6 Å². The molecule has 1 fully saturated rings. The highest BCUT2D eigenvalue weighted by molar-refractivity contribution is 7.17. The number of nitrogens with zero attached hydrogens (tertiary/aromatic N) is 3. The first-order valence-corrected chi connectivity index (χ1v) is 13.3. The summed E-state index contributed by atoms with van der Waals surface area (Å²) in [6.45, 7) is 13.6. The summed E-state index contributed by atoms with van der Waals surface area (Å²) in [4.78, 5) is 36.8. The van der Waals surface area contributed by atoms with Gasteiger partial charge >= 0.3 is 0 Å². The maximum atomic E-state index is 14.3. The van der Waals surface area contributed by atoms with Gasteiger partial charge in [-0.1, -0.05) is 20.8 Å². The van der Waals surface area contributed by atoms with Gasteiger partial charge in [-0.15, -0.1) is 11.3 Å². The van der Waals surface area contributed by atoms with Gasteiger partial charge in [-0.2, -0.15) is 0 Å². The van der Waals surface area contributed by atoms with Gasteiger partial charge < -0.3 is 20.6 Å². The number of pyridine rings is 1. The Kier molecular flexibility index (Phi) is 8.58. The van der Waals surface area contributed by atoms with Crippen molar-refractivity contribution in [2.75, 3.05) is 18.4 Å².